The number of hydrogen-bond donors (Lipinski definition) is 0. The molecule has 2 atom stereocenters. The number of ether oxygens (including phenoxy) is 2. The van der Waals surface area contributed by atoms with Crippen LogP contribution < -0.4 is 0 Å². The Labute approximate surface area is 157 Å². The van der Waals surface area contributed by atoms with Gasteiger partial charge in [0.2, 0.25) is 0 Å². The van der Waals surface area contributed by atoms with E-state index in [1.807, 2.05) is 0 Å². The van der Waals surface area contributed by atoms with Gasteiger partial charge in [-0.1, -0.05) is 25.0 Å². The Kier molecular flexibility index (Phi) is 7.57. The van der Waals surface area contributed by atoms with Crippen LogP contribution in [-0.2, 0) is 19.1 Å². The Morgan fingerprint density at radius 3 is 2.00 bits per heavy atom. The minimum absolute atomic E-state index is 0.0423. The summed E-state index contributed by atoms with van der Waals surface area (Å²) in [5, 5.41) is 0. The summed E-state index contributed by atoms with van der Waals surface area (Å²) in [5.74, 6) is -0.682. The van der Waals surface area contributed by atoms with Crippen molar-refractivity contribution in [1.82, 2.24) is 0 Å². The molecule has 3 rings (SSSR count). The van der Waals surface area contributed by atoms with E-state index >= 15 is 0 Å². The van der Waals surface area contributed by atoms with Gasteiger partial charge in [-0.05, 0) is 76.5 Å². The quantitative estimate of drug-likeness (QED) is 0.487. The van der Waals surface area contributed by atoms with Crippen molar-refractivity contribution in [3.8, 4) is 0 Å². The Hall–Kier alpha value is -1.32. The van der Waals surface area contributed by atoms with Gasteiger partial charge in [-0.15, -0.1) is 0 Å². The second-order valence-electron chi connectivity index (χ2n) is 8.28. The van der Waals surface area contributed by atoms with Gasteiger partial charge in [-0.3, -0.25) is 9.59 Å². The molecule has 2 fully saturated rings. The highest BCUT2D eigenvalue weighted by Crippen LogP contribution is 2.31. The van der Waals surface area contributed by atoms with Crippen molar-refractivity contribution in [2.75, 3.05) is 0 Å². The van der Waals surface area contributed by atoms with Gasteiger partial charge >= 0.3 is 11.9 Å². The minimum atomic E-state index is -0.385. The van der Waals surface area contributed by atoms with Crippen LogP contribution in [0.4, 0.5) is 0 Å². The standard InChI is InChI=1S/C22H34O4/c23-21(25-18-12-6-2-7-13-18)16-20(17-10-4-1-5-11-17)22(24)26-19-14-8-3-9-15-19/h4,10,17-20H,1-3,5-9,11-16H2. The molecule has 0 aromatic carbocycles. The molecular formula is C22H34O4. The molecule has 0 heterocycles. The van der Waals surface area contributed by atoms with Crippen LogP contribution in [0.5, 0.6) is 0 Å². The van der Waals surface area contributed by atoms with Gasteiger partial charge in [-0.25, -0.2) is 0 Å². The normalized spacial score (nSPS) is 26.2. The summed E-state index contributed by atoms with van der Waals surface area (Å²) < 4.78 is 11.5. The Balaban J connectivity index is 1.58. The fraction of sp³-hybridized carbons (Fsp3) is 0.818. The summed E-state index contributed by atoms with van der Waals surface area (Å²) in [7, 11) is 0. The van der Waals surface area contributed by atoms with Gasteiger partial charge in [-0.2, -0.15) is 0 Å². The molecule has 0 bridgehead atoms. The van der Waals surface area contributed by atoms with Crippen LogP contribution in [0.25, 0.3) is 0 Å². The van der Waals surface area contributed by atoms with Crippen molar-refractivity contribution in [2.45, 2.75) is 102 Å². The minimum Gasteiger partial charge on any atom is -0.462 e. The third kappa shape index (κ3) is 5.85. The monoisotopic (exact) mass is 362 g/mol. The molecule has 4 heteroatoms. The second kappa shape index (κ2) is 10.1. The number of carbonyl (C=O) groups excluding carboxylic acids is 2. The number of carbonyl (C=O) groups is 2. The van der Waals surface area contributed by atoms with Crippen LogP contribution in [0.2, 0.25) is 0 Å². The van der Waals surface area contributed by atoms with Gasteiger partial charge in [0, 0.05) is 0 Å². The summed E-state index contributed by atoms with van der Waals surface area (Å²) in [5.41, 5.74) is 0. The predicted octanol–water partition coefficient (Wildman–Crippen LogP) is 5.10. The molecule has 146 valence electrons. The van der Waals surface area contributed by atoms with Crippen LogP contribution in [0.15, 0.2) is 12.2 Å². The van der Waals surface area contributed by atoms with E-state index in [0.717, 1.165) is 70.6 Å². The molecule has 0 aliphatic heterocycles. The van der Waals surface area contributed by atoms with Gasteiger partial charge < -0.3 is 9.47 Å². The van der Waals surface area contributed by atoms with E-state index in [1.165, 1.54) is 12.8 Å². The van der Waals surface area contributed by atoms with E-state index in [0.29, 0.717) is 0 Å². The summed E-state index contributed by atoms with van der Waals surface area (Å²) in [6, 6.07) is 0. The molecule has 0 aromatic rings. The SMILES string of the molecule is O=C(CC(C(=O)OC1CCCCC1)C1C=CCCC1)OC1CCCCC1. The topological polar surface area (TPSA) is 52.6 Å². The number of esters is 2. The van der Waals surface area contributed by atoms with Crippen LogP contribution >= 0.6 is 0 Å². The third-order valence-electron chi connectivity index (χ3n) is 6.18. The highest BCUT2D eigenvalue weighted by atomic mass is 16.6. The number of hydrogen-bond acceptors (Lipinski definition) is 4. The smallest absolute Gasteiger partial charge is 0.310 e. The van der Waals surface area contributed by atoms with Gasteiger partial charge in [0.05, 0.1) is 12.3 Å². The van der Waals surface area contributed by atoms with Crippen LogP contribution in [0.1, 0.15) is 89.9 Å². The van der Waals surface area contributed by atoms with Crippen molar-refractivity contribution < 1.29 is 19.1 Å². The van der Waals surface area contributed by atoms with Gasteiger partial charge in [0.25, 0.3) is 0 Å². The first-order valence-corrected chi connectivity index (χ1v) is 10.8. The Morgan fingerprint density at radius 2 is 1.42 bits per heavy atom. The van der Waals surface area contributed by atoms with E-state index in [9.17, 15) is 9.59 Å². The zero-order valence-corrected chi connectivity index (χ0v) is 16.0. The first-order valence-electron chi connectivity index (χ1n) is 10.8. The Morgan fingerprint density at radius 1 is 0.808 bits per heavy atom. The average Bonchev–Trinajstić information content (AvgIpc) is 2.68. The molecule has 0 amide bonds. The lowest BCUT2D eigenvalue weighted by molar-refractivity contribution is -0.164. The van der Waals surface area contributed by atoms with E-state index in [2.05, 4.69) is 12.2 Å². The van der Waals surface area contributed by atoms with E-state index in [1.54, 1.807) is 0 Å². The molecule has 0 spiro atoms. The van der Waals surface area contributed by atoms with Crippen LogP contribution in [0, 0.1) is 11.8 Å². The Bertz CT molecular complexity index is 486. The first-order chi connectivity index (χ1) is 12.7. The van der Waals surface area contributed by atoms with Crippen LogP contribution in [0.3, 0.4) is 0 Å². The number of rotatable bonds is 6. The first kappa shape index (κ1) is 19.4. The summed E-state index contributed by atoms with van der Waals surface area (Å²) in [6.45, 7) is 0. The lowest BCUT2D eigenvalue weighted by Gasteiger charge is -2.29. The maximum Gasteiger partial charge on any atom is 0.310 e. The predicted molar refractivity (Wildman–Crippen MR) is 101 cm³/mol. The largest absolute Gasteiger partial charge is 0.462 e. The molecule has 0 radical (unpaired) electrons. The molecular weight excluding hydrogens is 328 g/mol. The number of allylic oxidation sites excluding steroid dienone is 2. The molecule has 4 nitrogen and oxygen atoms in total. The molecule has 3 aliphatic carbocycles. The summed E-state index contributed by atoms with van der Waals surface area (Å²) in [6.07, 6.45) is 18.5. The van der Waals surface area contributed by atoms with E-state index in [-0.39, 0.29) is 42.4 Å². The highest BCUT2D eigenvalue weighted by molar-refractivity contribution is 5.80. The molecule has 2 unspecified atom stereocenters. The second-order valence-corrected chi connectivity index (χ2v) is 8.28. The van der Waals surface area contributed by atoms with Crippen LogP contribution in [-0.4, -0.2) is 24.1 Å². The molecule has 2 saturated carbocycles. The van der Waals surface area contributed by atoms with Crippen molar-refractivity contribution in [3.63, 3.8) is 0 Å². The molecule has 3 aliphatic rings. The van der Waals surface area contributed by atoms with Gasteiger partial charge in [0.1, 0.15) is 12.2 Å². The van der Waals surface area contributed by atoms with E-state index in [4.69, 9.17) is 9.47 Å². The van der Waals surface area contributed by atoms with Crippen molar-refractivity contribution in [1.29, 1.82) is 0 Å². The van der Waals surface area contributed by atoms with Gasteiger partial charge in [0.15, 0.2) is 0 Å². The maximum atomic E-state index is 12.9. The molecule has 0 aromatic heterocycles. The lowest BCUT2D eigenvalue weighted by Crippen LogP contribution is -2.33. The molecule has 26 heavy (non-hydrogen) atoms. The van der Waals surface area contributed by atoms with Crippen molar-refractivity contribution in [3.05, 3.63) is 12.2 Å². The summed E-state index contributed by atoms with van der Waals surface area (Å²) >= 11 is 0. The van der Waals surface area contributed by atoms with Crippen molar-refractivity contribution in [2.24, 2.45) is 11.8 Å². The van der Waals surface area contributed by atoms with Crippen molar-refractivity contribution >= 4 is 11.9 Å². The lowest BCUT2D eigenvalue weighted by atomic mass is 9.82. The van der Waals surface area contributed by atoms with E-state index < -0.39 is 0 Å². The zero-order valence-electron chi connectivity index (χ0n) is 16.0. The fourth-order valence-electron chi connectivity index (χ4n) is 4.61. The fourth-order valence-corrected chi connectivity index (χ4v) is 4.61. The zero-order chi connectivity index (χ0) is 18.2. The average molecular weight is 363 g/mol. The highest BCUT2D eigenvalue weighted by Gasteiger charge is 2.34. The third-order valence-corrected chi connectivity index (χ3v) is 6.18. The summed E-state index contributed by atoms with van der Waals surface area (Å²) in [4.78, 5) is 25.4. The maximum absolute atomic E-state index is 12.9. The molecule has 0 saturated heterocycles. The molecule has 0 N–H and O–H groups in total.